The summed E-state index contributed by atoms with van der Waals surface area (Å²) in [6.07, 6.45) is -0.607. The highest BCUT2D eigenvalue weighted by Gasteiger charge is 2.46. The number of hydrogen-bond acceptors (Lipinski definition) is 8. The highest BCUT2D eigenvalue weighted by molar-refractivity contribution is 7.93. The van der Waals surface area contributed by atoms with Gasteiger partial charge in [0.1, 0.15) is 16.3 Å². The van der Waals surface area contributed by atoms with E-state index in [2.05, 4.69) is 10.2 Å². The number of hydrogen-bond donors (Lipinski definition) is 1. The van der Waals surface area contributed by atoms with E-state index in [1.165, 1.54) is 0 Å². The summed E-state index contributed by atoms with van der Waals surface area (Å²) in [5.74, 6) is 1.49. The van der Waals surface area contributed by atoms with E-state index in [1.807, 2.05) is 13.0 Å². The molecule has 10 heteroatoms. The molecule has 0 aliphatic carbocycles. The van der Waals surface area contributed by atoms with E-state index in [1.54, 1.807) is 89.2 Å². The summed E-state index contributed by atoms with van der Waals surface area (Å²) < 4.78 is 35.9. The van der Waals surface area contributed by atoms with Gasteiger partial charge in [-0.15, -0.1) is 0 Å². The molecule has 1 amide bonds. The van der Waals surface area contributed by atoms with Crippen LogP contribution in [-0.4, -0.2) is 55.0 Å². The van der Waals surface area contributed by atoms with Gasteiger partial charge in [-0.05, 0) is 77.9 Å². The van der Waals surface area contributed by atoms with Crippen LogP contribution in [0.2, 0.25) is 0 Å². The van der Waals surface area contributed by atoms with E-state index in [-0.39, 0.29) is 6.04 Å². The van der Waals surface area contributed by atoms with Gasteiger partial charge in [0, 0.05) is 23.9 Å². The van der Waals surface area contributed by atoms with Crippen LogP contribution in [-0.2, 0) is 19.3 Å². The molecule has 4 rings (SSSR count). The van der Waals surface area contributed by atoms with Gasteiger partial charge in [0.05, 0.1) is 29.7 Å². The van der Waals surface area contributed by atoms with Crippen LogP contribution in [0.5, 0.6) is 5.75 Å². The molecule has 208 valence electrons. The van der Waals surface area contributed by atoms with Gasteiger partial charge in [-0.25, -0.2) is 23.2 Å². The Kier molecular flexibility index (Phi) is 7.99. The minimum absolute atomic E-state index is 0.0684. The number of nitrogens with zero attached hydrogens (tertiary/aromatic N) is 3. The Morgan fingerprint density at radius 3 is 2.31 bits per heavy atom. The lowest BCUT2D eigenvalue weighted by molar-refractivity contribution is 0.0985. The average molecular weight is 553 g/mol. The molecule has 1 fully saturated rings. The Morgan fingerprint density at radius 1 is 1.03 bits per heavy atom. The van der Waals surface area contributed by atoms with Crippen molar-refractivity contribution in [2.45, 2.75) is 57.1 Å². The highest BCUT2D eigenvalue weighted by Crippen LogP contribution is 2.38. The first-order valence-electron chi connectivity index (χ1n) is 12.9. The minimum Gasteiger partial charge on any atom is -0.410 e. The van der Waals surface area contributed by atoms with Crippen molar-refractivity contribution in [1.82, 2.24) is 9.97 Å². The molecule has 0 radical (unpaired) electrons. The molecule has 2 aromatic carbocycles. The van der Waals surface area contributed by atoms with E-state index in [9.17, 15) is 13.2 Å². The average Bonchev–Trinajstić information content (AvgIpc) is 2.89. The Hall–Kier alpha value is -3.50. The van der Waals surface area contributed by atoms with Crippen LogP contribution in [0.3, 0.4) is 0 Å². The smallest absolute Gasteiger partial charge is 0.410 e. The van der Waals surface area contributed by atoms with Crippen molar-refractivity contribution in [1.29, 1.82) is 0 Å². The third-order valence-corrected chi connectivity index (χ3v) is 9.98. The number of para-hydroxylation sites is 1. The monoisotopic (exact) mass is 552 g/mol. The second-order valence-corrected chi connectivity index (χ2v) is 14.3. The highest BCUT2D eigenvalue weighted by atomic mass is 32.2. The van der Waals surface area contributed by atoms with Crippen molar-refractivity contribution in [3.8, 4) is 17.1 Å². The second-order valence-electron chi connectivity index (χ2n) is 11.1. The van der Waals surface area contributed by atoms with Crippen LogP contribution in [0.1, 0.15) is 47.2 Å². The summed E-state index contributed by atoms with van der Waals surface area (Å²) in [6.45, 7) is 12.3. The molecule has 2 heterocycles. The fraction of sp³-hybridized carbons (Fsp3) is 0.414. The molecule has 1 aliphatic rings. The van der Waals surface area contributed by atoms with Gasteiger partial charge in [0.15, 0.2) is 15.7 Å². The number of amides is 1. The molecule has 0 spiro atoms. The Bertz CT molecular complexity index is 1420. The number of morpholine rings is 1. The Balaban J connectivity index is 1.68. The lowest BCUT2D eigenvalue weighted by atomic mass is 10.1. The molecule has 3 aromatic rings. The van der Waals surface area contributed by atoms with E-state index in [0.29, 0.717) is 54.1 Å². The Labute approximate surface area is 230 Å². The summed E-state index contributed by atoms with van der Waals surface area (Å²) in [5.41, 5.74) is 1.64. The van der Waals surface area contributed by atoms with Gasteiger partial charge in [-0.3, -0.25) is 5.32 Å². The number of rotatable bonds is 6. The first-order valence-corrected chi connectivity index (χ1v) is 14.4. The molecule has 1 N–H and O–H groups in total. The summed E-state index contributed by atoms with van der Waals surface area (Å²) in [7, 11) is -3.63. The van der Waals surface area contributed by atoms with E-state index in [0.717, 1.165) is 0 Å². The summed E-state index contributed by atoms with van der Waals surface area (Å²) >= 11 is 0. The fourth-order valence-electron chi connectivity index (χ4n) is 4.43. The molecular weight excluding hydrogens is 516 g/mol. The van der Waals surface area contributed by atoms with Gasteiger partial charge >= 0.3 is 6.09 Å². The second kappa shape index (κ2) is 10.9. The number of carbonyl (C=O) groups excluding carboxylic acids is 1. The largest absolute Gasteiger partial charge is 0.417 e. The maximum Gasteiger partial charge on any atom is 0.417 e. The molecule has 0 saturated carbocycles. The topological polar surface area (TPSA) is 111 Å². The van der Waals surface area contributed by atoms with Crippen LogP contribution in [0.25, 0.3) is 11.4 Å². The lowest BCUT2D eigenvalue weighted by Crippen LogP contribution is -2.45. The maximum atomic E-state index is 13.6. The van der Waals surface area contributed by atoms with Gasteiger partial charge in [0.25, 0.3) is 0 Å². The van der Waals surface area contributed by atoms with Gasteiger partial charge in [-0.2, -0.15) is 0 Å². The number of anilines is 2. The summed E-state index contributed by atoms with van der Waals surface area (Å²) in [4.78, 5) is 24.0. The zero-order valence-corrected chi connectivity index (χ0v) is 24.1. The van der Waals surface area contributed by atoms with Crippen molar-refractivity contribution in [2.24, 2.45) is 0 Å². The van der Waals surface area contributed by atoms with Crippen molar-refractivity contribution in [3.63, 3.8) is 0 Å². The molecule has 1 atom stereocenters. The molecule has 1 aliphatic heterocycles. The van der Waals surface area contributed by atoms with Crippen molar-refractivity contribution < 1.29 is 22.7 Å². The first kappa shape index (κ1) is 28.5. The molecule has 39 heavy (non-hydrogen) atoms. The van der Waals surface area contributed by atoms with Crippen LogP contribution in [0, 0.1) is 0 Å². The standard InChI is InChI=1S/C29H36N4O5S/c1-20-19-37-17-16-33(20)25-18-24(29(5,6)39(35,36)28(2,3)4)31-26(32-25)21-12-14-22(15-13-21)30-27(34)38-23-10-8-7-9-11-23/h7-15,18,20H,16-17,19H2,1-6H3,(H,30,34)/t20-/m0/s1. The van der Waals surface area contributed by atoms with E-state index in [4.69, 9.17) is 19.4 Å². The van der Waals surface area contributed by atoms with Gasteiger partial charge < -0.3 is 14.4 Å². The predicted octanol–water partition coefficient (Wildman–Crippen LogP) is 5.43. The molecule has 9 nitrogen and oxygen atoms in total. The zero-order valence-electron chi connectivity index (χ0n) is 23.3. The number of benzene rings is 2. The third-order valence-electron chi connectivity index (χ3n) is 6.81. The minimum atomic E-state index is -3.63. The SMILES string of the molecule is C[C@H]1COCCN1c1cc(C(C)(C)S(=O)(=O)C(C)(C)C)nc(-c2ccc(NC(=O)Oc3ccccc3)cc2)n1. The molecule has 0 bridgehead atoms. The zero-order chi connectivity index (χ0) is 28.4. The number of sulfone groups is 1. The van der Waals surface area contributed by atoms with Crippen LogP contribution < -0.4 is 15.0 Å². The predicted molar refractivity (Wildman–Crippen MR) is 153 cm³/mol. The Morgan fingerprint density at radius 2 is 1.69 bits per heavy atom. The summed E-state index contributed by atoms with van der Waals surface area (Å²) in [5, 5.41) is 2.71. The summed E-state index contributed by atoms with van der Waals surface area (Å²) in [6, 6.07) is 17.7. The van der Waals surface area contributed by atoms with Crippen molar-refractivity contribution >= 4 is 27.4 Å². The van der Waals surface area contributed by atoms with E-state index < -0.39 is 25.4 Å². The van der Waals surface area contributed by atoms with Gasteiger partial charge in [0.2, 0.25) is 0 Å². The first-order chi connectivity index (χ1) is 18.3. The van der Waals surface area contributed by atoms with Crippen LogP contribution in [0.15, 0.2) is 60.7 Å². The lowest BCUT2D eigenvalue weighted by Gasteiger charge is -2.36. The van der Waals surface area contributed by atoms with Crippen molar-refractivity contribution in [2.75, 3.05) is 30.0 Å². The van der Waals surface area contributed by atoms with Crippen LogP contribution in [0.4, 0.5) is 16.3 Å². The normalized spacial score (nSPS) is 16.6. The van der Waals surface area contributed by atoms with Crippen molar-refractivity contribution in [3.05, 3.63) is 66.4 Å². The van der Waals surface area contributed by atoms with Gasteiger partial charge in [-0.1, -0.05) is 18.2 Å². The fourth-order valence-corrected chi connectivity index (χ4v) is 6.34. The number of aromatic nitrogens is 2. The quantitative estimate of drug-likeness (QED) is 0.431. The number of ether oxygens (including phenoxy) is 2. The number of nitrogens with one attached hydrogen (secondary N) is 1. The third kappa shape index (κ3) is 6.07. The molecular formula is C29H36N4O5S. The van der Waals surface area contributed by atoms with Crippen LogP contribution >= 0.6 is 0 Å². The maximum absolute atomic E-state index is 13.6. The number of carbonyl (C=O) groups is 1. The molecule has 0 unspecified atom stereocenters. The molecule has 1 saturated heterocycles. The van der Waals surface area contributed by atoms with E-state index >= 15 is 0 Å². The molecule has 1 aromatic heterocycles.